The summed E-state index contributed by atoms with van der Waals surface area (Å²) in [5.41, 5.74) is 6.32. The molecule has 0 saturated heterocycles. The Balaban J connectivity index is 2.88. The number of fused-ring (bicyclic) bond motifs is 1. The molecule has 5 nitrogen and oxygen atoms in total. The van der Waals surface area contributed by atoms with Crippen molar-refractivity contribution in [2.75, 3.05) is 5.73 Å². The van der Waals surface area contributed by atoms with Crippen molar-refractivity contribution in [3.63, 3.8) is 0 Å². The zero-order valence-electron chi connectivity index (χ0n) is 7.35. The fourth-order valence-corrected chi connectivity index (χ4v) is 2.24. The molecule has 0 fully saturated rings. The maximum Gasteiger partial charge on any atom is 0.311 e. The smallest absolute Gasteiger partial charge is 0.311 e. The Bertz CT molecular complexity index is 521. The van der Waals surface area contributed by atoms with Gasteiger partial charge in [-0.25, -0.2) is 4.98 Å². The predicted octanol–water partition coefficient (Wildman–Crippen LogP) is 2.10. The average molecular weight is 209 g/mol. The van der Waals surface area contributed by atoms with Gasteiger partial charge in [-0.1, -0.05) is 0 Å². The minimum Gasteiger partial charge on any atom is -0.393 e. The lowest BCUT2D eigenvalue weighted by Gasteiger charge is -1.96. The molecular formula is C8H7N3O2S. The highest BCUT2D eigenvalue weighted by Crippen LogP contribution is 2.35. The fraction of sp³-hybridized carbons (Fsp3) is 0.125. The predicted molar refractivity (Wildman–Crippen MR) is 55.4 cm³/mol. The van der Waals surface area contributed by atoms with Crippen LogP contribution in [0.4, 0.5) is 11.4 Å². The molecule has 14 heavy (non-hydrogen) atoms. The number of nitrogen functional groups attached to an aromatic ring is 1. The third-order valence-electron chi connectivity index (χ3n) is 1.85. The van der Waals surface area contributed by atoms with Crippen LogP contribution in [0.1, 0.15) is 5.01 Å². The highest BCUT2D eigenvalue weighted by atomic mass is 32.1. The van der Waals surface area contributed by atoms with Gasteiger partial charge in [-0.05, 0) is 19.1 Å². The second-order valence-electron chi connectivity index (χ2n) is 2.84. The quantitative estimate of drug-likeness (QED) is 0.443. The van der Waals surface area contributed by atoms with Gasteiger partial charge in [-0.2, -0.15) is 0 Å². The zero-order valence-corrected chi connectivity index (χ0v) is 8.17. The van der Waals surface area contributed by atoms with E-state index in [2.05, 4.69) is 4.98 Å². The first-order chi connectivity index (χ1) is 6.59. The number of aryl methyl sites for hydroxylation is 1. The first-order valence-corrected chi connectivity index (χ1v) is 4.71. The van der Waals surface area contributed by atoms with Gasteiger partial charge in [0, 0.05) is 0 Å². The van der Waals surface area contributed by atoms with E-state index < -0.39 is 4.92 Å². The second-order valence-corrected chi connectivity index (χ2v) is 4.04. The molecule has 0 spiro atoms. The van der Waals surface area contributed by atoms with Crippen LogP contribution in [0.25, 0.3) is 10.2 Å². The van der Waals surface area contributed by atoms with Crippen molar-refractivity contribution in [1.29, 1.82) is 0 Å². The SMILES string of the molecule is Cc1nc2ccc(N)c([N+](=O)[O-])c2s1. The lowest BCUT2D eigenvalue weighted by Crippen LogP contribution is -1.95. The van der Waals surface area contributed by atoms with Crippen LogP contribution in [0.3, 0.4) is 0 Å². The van der Waals surface area contributed by atoms with Crippen molar-refractivity contribution in [2.24, 2.45) is 0 Å². The van der Waals surface area contributed by atoms with E-state index in [0.717, 1.165) is 5.01 Å². The van der Waals surface area contributed by atoms with Gasteiger partial charge >= 0.3 is 5.69 Å². The molecule has 0 saturated carbocycles. The van der Waals surface area contributed by atoms with Crippen molar-refractivity contribution in [3.8, 4) is 0 Å². The molecule has 0 aliphatic carbocycles. The molecule has 0 aliphatic heterocycles. The minimum absolute atomic E-state index is 0.0342. The summed E-state index contributed by atoms with van der Waals surface area (Å²) in [4.78, 5) is 14.4. The summed E-state index contributed by atoms with van der Waals surface area (Å²) in [5, 5.41) is 11.5. The first kappa shape index (κ1) is 8.89. The number of aromatic nitrogens is 1. The normalized spacial score (nSPS) is 10.6. The first-order valence-electron chi connectivity index (χ1n) is 3.89. The lowest BCUT2D eigenvalue weighted by atomic mass is 10.2. The van der Waals surface area contributed by atoms with Crippen LogP contribution in [0.5, 0.6) is 0 Å². The van der Waals surface area contributed by atoms with Crippen LogP contribution >= 0.6 is 11.3 Å². The van der Waals surface area contributed by atoms with E-state index in [1.165, 1.54) is 17.4 Å². The van der Waals surface area contributed by atoms with Gasteiger partial charge < -0.3 is 5.73 Å². The summed E-state index contributed by atoms with van der Waals surface area (Å²) < 4.78 is 0.549. The topological polar surface area (TPSA) is 82.0 Å². The highest BCUT2D eigenvalue weighted by molar-refractivity contribution is 7.19. The van der Waals surface area contributed by atoms with Crippen LogP contribution in [-0.4, -0.2) is 9.91 Å². The van der Waals surface area contributed by atoms with Gasteiger partial charge in [0.25, 0.3) is 0 Å². The molecule has 2 N–H and O–H groups in total. The lowest BCUT2D eigenvalue weighted by molar-refractivity contribution is -0.381. The van der Waals surface area contributed by atoms with E-state index in [1.807, 2.05) is 6.92 Å². The van der Waals surface area contributed by atoms with Gasteiger partial charge in [0.2, 0.25) is 0 Å². The third kappa shape index (κ3) is 1.20. The summed E-state index contributed by atoms with van der Waals surface area (Å²) in [7, 11) is 0. The summed E-state index contributed by atoms with van der Waals surface area (Å²) >= 11 is 1.29. The second kappa shape index (κ2) is 2.91. The molecule has 2 aromatic rings. The molecule has 0 radical (unpaired) electrons. The Hall–Kier alpha value is -1.69. The Kier molecular flexibility index (Phi) is 1.85. The standard InChI is InChI=1S/C8H7N3O2S/c1-4-10-6-3-2-5(9)7(11(12)13)8(6)14-4/h2-3H,9H2,1H3. The van der Waals surface area contributed by atoms with Crippen molar-refractivity contribution < 1.29 is 4.92 Å². The van der Waals surface area contributed by atoms with E-state index in [0.29, 0.717) is 10.2 Å². The molecule has 6 heteroatoms. The molecule has 1 aromatic carbocycles. The maximum absolute atomic E-state index is 10.7. The van der Waals surface area contributed by atoms with Crippen molar-refractivity contribution in [2.45, 2.75) is 6.92 Å². The Morgan fingerprint density at radius 3 is 2.93 bits per heavy atom. The fourth-order valence-electron chi connectivity index (χ4n) is 1.29. The molecular weight excluding hydrogens is 202 g/mol. The molecule has 72 valence electrons. The molecule has 0 amide bonds. The number of nitro benzene ring substituents is 1. The van der Waals surface area contributed by atoms with Crippen molar-refractivity contribution in [3.05, 3.63) is 27.3 Å². The average Bonchev–Trinajstić information content (AvgIpc) is 2.43. The number of benzene rings is 1. The zero-order chi connectivity index (χ0) is 10.3. The number of anilines is 1. The molecule has 0 bridgehead atoms. The van der Waals surface area contributed by atoms with E-state index in [1.54, 1.807) is 6.07 Å². The van der Waals surface area contributed by atoms with Crippen molar-refractivity contribution >= 4 is 32.9 Å². The molecule has 1 aromatic heterocycles. The van der Waals surface area contributed by atoms with Gasteiger partial charge in [0.05, 0.1) is 15.4 Å². The van der Waals surface area contributed by atoms with Gasteiger partial charge in [0.15, 0.2) is 0 Å². The monoisotopic (exact) mass is 209 g/mol. The summed E-state index contributed by atoms with van der Waals surface area (Å²) in [6, 6.07) is 3.21. The molecule has 2 rings (SSSR count). The number of nitrogens with zero attached hydrogens (tertiary/aromatic N) is 2. The minimum atomic E-state index is -0.463. The van der Waals surface area contributed by atoms with Gasteiger partial charge in [-0.15, -0.1) is 11.3 Å². The summed E-state index contributed by atoms with van der Waals surface area (Å²) in [6.45, 7) is 1.81. The number of rotatable bonds is 1. The molecule has 0 unspecified atom stereocenters. The third-order valence-corrected chi connectivity index (χ3v) is 2.85. The van der Waals surface area contributed by atoms with Gasteiger partial charge in [0.1, 0.15) is 10.4 Å². The Labute approximate surface area is 83.3 Å². The number of nitrogens with two attached hydrogens (primary N) is 1. The van der Waals surface area contributed by atoms with Crippen LogP contribution in [0.2, 0.25) is 0 Å². The van der Waals surface area contributed by atoms with E-state index in [4.69, 9.17) is 5.73 Å². The van der Waals surface area contributed by atoms with Gasteiger partial charge in [-0.3, -0.25) is 10.1 Å². The molecule has 0 atom stereocenters. The number of hydrogen-bond acceptors (Lipinski definition) is 5. The molecule has 1 heterocycles. The van der Waals surface area contributed by atoms with E-state index >= 15 is 0 Å². The van der Waals surface area contributed by atoms with E-state index in [9.17, 15) is 10.1 Å². The van der Waals surface area contributed by atoms with E-state index in [-0.39, 0.29) is 11.4 Å². The largest absolute Gasteiger partial charge is 0.393 e. The number of nitro groups is 1. The van der Waals surface area contributed by atoms with Crippen LogP contribution in [0, 0.1) is 17.0 Å². The highest BCUT2D eigenvalue weighted by Gasteiger charge is 2.18. The summed E-state index contributed by atoms with van der Waals surface area (Å²) in [5.74, 6) is 0. The maximum atomic E-state index is 10.7. The Morgan fingerprint density at radius 2 is 2.29 bits per heavy atom. The number of hydrogen-bond donors (Lipinski definition) is 1. The van der Waals surface area contributed by atoms with Crippen LogP contribution in [-0.2, 0) is 0 Å². The van der Waals surface area contributed by atoms with Crippen molar-refractivity contribution in [1.82, 2.24) is 4.98 Å². The van der Waals surface area contributed by atoms with Crippen LogP contribution in [0.15, 0.2) is 12.1 Å². The number of thiazole rings is 1. The van der Waals surface area contributed by atoms with Crippen LogP contribution < -0.4 is 5.73 Å². The Morgan fingerprint density at radius 1 is 1.57 bits per heavy atom. The summed E-state index contributed by atoms with van der Waals surface area (Å²) in [6.07, 6.45) is 0. The molecule has 0 aliphatic rings.